The molecule has 13 heavy (non-hydrogen) atoms. The summed E-state index contributed by atoms with van der Waals surface area (Å²) in [4.78, 5) is 10.1. The molecule has 1 aromatic heterocycles. The molecule has 2 N–H and O–H groups in total. The minimum atomic E-state index is 0.258. The van der Waals surface area contributed by atoms with Gasteiger partial charge in [0.1, 0.15) is 17.3 Å². The number of hydrogen-bond acceptors (Lipinski definition) is 4. The summed E-state index contributed by atoms with van der Waals surface area (Å²) in [5.74, 6) is 0.868. The van der Waals surface area contributed by atoms with Crippen LogP contribution in [0.25, 0.3) is 0 Å². The number of aromatic nitrogens is 2. The van der Waals surface area contributed by atoms with E-state index < -0.39 is 0 Å². The Bertz CT molecular complexity index is 304. The highest BCUT2D eigenvalue weighted by atomic mass is 35.5. The zero-order valence-electron chi connectivity index (χ0n) is 7.15. The summed E-state index contributed by atoms with van der Waals surface area (Å²) in [6.07, 6.45) is 2.49. The van der Waals surface area contributed by atoms with Crippen molar-refractivity contribution in [2.24, 2.45) is 5.73 Å². The number of halogens is 1. The lowest BCUT2D eigenvalue weighted by molar-refractivity contribution is 0.751. The fourth-order valence-corrected chi connectivity index (χ4v) is 1.63. The van der Waals surface area contributed by atoms with E-state index in [9.17, 15) is 0 Å². The molecule has 1 fully saturated rings. The molecule has 2 rings (SSSR count). The summed E-state index contributed by atoms with van der Waals surface area (Å²) in [5, 5.41) is 0.477. The molecule has 1 aliphatic rings. The van der Waals surface area contributed by atoms with E-state index in [1.165, 1.54) is 6.33 Å². The van der Waals surface area contributed by atoms with Crippen LogP contribution >= 0.6 is 11.6 Å². The Morgan fingerprint density at radius 1 is 1.54 bits per heavy atom. The zero-order valence-corrected chi connectivity index (χ0v) is 7.91. The molecule has 1 aliphatic heterocycles. The van der Waals surface area contributed by atoms with Gasteiger partial charge in [-0.1, -0.05) is 11.6 Å². The summed E-state index contributed by atoms with van der Waals surface area (Å²) in [6, 6.07) is 2.02. The van der Waals surface area contributed by atoms with E-state index in [-0.39, 0.29) is 6.04 Å². The lowest BCUT2D eigenvalue weighted by Crippen LogP contribution is -2.26. The van der Waals surface area contributed by atoms with Crippen LogP contribution in [0.3, 0.4) is 0 Å². The summed E-state index contributed by atoms with van der Waals surface area (Å²) >= 11 is 5.75. The highest BCUT2D eigenvalue weighted by Gasteiger charge is 2.20. The molecule has 0 bridgehead atoms. The van der Waals surface area contributed by atoms with Crippen molar-refractivity contribution in [3.05, 3.63) is 17.5 Å². The van der Waals surface area contributed by atoms with Gasteiger partial charge in [0.15, 0.2) is 0 Å². The average Bonchev–Trinajstić information content (AvgIpc) is 2.52. The Morgan fingerprint density at radius 3 is 3.00 bits per heavy atom. The smallest absolute Gasteiger partial charge is 0.134 e. The van der Waals surface area contributed by atoms with E-state index in [1.54, 1.807) is 6.07 Å². The third kappa shape index (κ3) is 1.89. The van der Waals surface area contributed by atoms with Gasteiger partial charge in [0, 0.05) is 25.2 Å². The number of hydrogen-bond donors (Lipinski definition) is 1. The fraction of sp³-hybridized carbons (Fsp3) is 0.500. The zero-order chi connectivity index (χ0) is 9.26. The predicted octanol–water partition coefficient (Wildman–Crippen LogP) is 0.667. The first-order chi connectivity index (χ1) is 6.25. The van der Waals surface area contributed by atoms with Crippen LogP contribution in [0.1, 0.15) is 6.42 Å². The van der Waals surface area contributed by atoms with E-state index >= 15 is 0 Å². The van der Waals surface area contributed by atoms with Crippen molar-refractivity contribution in [3.8, 4) is 0 Å². The van der Waals surface area contributed by atoms with Crippen LogP contribution in [0.4, 0.5) is 5.82 Å². The molecule has 1 atom stereocenters. The standard InChI is InChI=1S/C8H11ClN4/c9-7-3-8(12-5-11-7)13-2-1-6(10)4-13/h3,5-6H,1-2,4,10H2. The van der Waals surface area contributed by atoms with Gasteiger partial charge in [-0.3, -0.25) is 0 Å². The average molecular weight is 199 g/mol. The molecule has 70 valence electrons. The normalized spacial score (nSPS) is 22.3. The molecule has 1 unspecified atom stereocenters. The van der Waals surface area contributed by atoms with Crippen LogP contribution in [0.2, 0.25) is 5.15 Å². The third-order valence-electron chi connectivity index (χ3n) is 2.17. The van der Waals surface area contributed by atoms with Crippen molar-refractivity contribution in [2.45, 2.75) is 12.5 Å². The molecule has 0 saturated carbocycles. The van der Waals surface area contributed by atoms with Crippen LogP contribution in [0.5, 0.6) is 0 Å². The molecular weight excluding hydrogens is 188 g/mol. The molecule has 0 amide bonds. The van der Waals surface area contributed by atoms with Crippen molar-refractivity contribution >= 4 is 17.4 Å². The van der Waals surface area contributed by atoms with Gasteiger partial charge in [-0.2, -0.15) is 0 Å². The van der Waals surface area contributed by atoms with E-state index in [4.69, 9.17) is 17.3 Å². The van der Waals surface area contributed by atoms with E-state index in [0.29, 0.717) is 5.15 Å². The van der Waals surface area contributed by atoms with Gasteiger partial charge in [0.05, 0.1) is 0 Å². The molecule has 0 aromatic carbocycles. The van der Waals surface area contributed by atoms with Crippen LogP contribution in [0.15, 0.2) is 12.4 Å². The second-order valence-electron chi connectivity index (χ2n) is 3.19. The molecule has 0 radical (unpaired) electrons. The minimum Gasteiger partial charge on any atom is -0.355 e. The first-order valence-corrected chi connectivity index (χ1v) is 4.61. The number of rotatable bonds is 1. The van der Waals surface area contributed by atoms with Gasteiger partial charge < -0.3 is 10.6 Å². The van der Waals surface area contributed by atoms with Crippen molar-refractivity contribution in [2.75, 3.05) is 18.0 Å². The van der Waals surface area contributed by atoms with E-state index in [1.807, 2.05) is 0 Å². The highest BCUT2D eigenvalue weighted by Crippen LogP contribution is 2.18. The van der Waals surface area contributed by atoms with Crippen molar-refractivity contribution in [1.82, 2.24) is 9.97 Å². The van der Waals surface area contributed by atoms with Crippen LogP contribution < -0.4 is 10.6 Å². The van der Waals surface area contributed by atoms with E-state index in [0.717, 1.165) is 25.3 Å². The van der Waals surface area contributed by atoms with Crippen LogP contribution in [-0.4, -0.2) is 29.1 Å². The van der Waals surface area contributed by atoms with Crippen molar-refractivity contribution in [3.63, 3.8) is 0 Å². The molecule has 1 aromatic rings. The van der Waals surface area contributed by atoms with Gasteiger partial charge in [0.25, 0.3) is 0 Å². The highest BCUT2D eigenvalue weighted by molar-refractivity contribution is 6.29. The Labute approximate surface area is 81.7 Å². The molecule has 4 nitrogen and oxygen atoms in total. The molecule has 2 heterocycles. The summed E-state index contributed by atoms with van der Waals surface area (Å²) in [7, 11) is 0. The Kier molecular flexibility index (Phi) is 2.33. The van der Waals surface area contributed by atoms with E-state index in [2.05, 4.69) is 14.9 Å². The monoisotopic (exact) mass is 198 g/mol. The first-order valence-electron chi connectivity index (χ1n) is 4.24. The van der Waals surface area contributed by atoms with Gasteiger partial charge in [-0.05, 0) is 6.42 Å². The summed E-state index contributed by atoms with van der Waals surface area (Å²) in [5.41, 5.74) is 5.78. The van der Waals surface area contributed by atoms with Crippen LogP contribution in [-0.2, 0) is 0 Å². The predicted molar refractivity (Wildman–Crippen MR) is 51.8 cm³/mol. The van der Waals surface area contributed by atoms with Gasteiger partial charge in [-0.15, -0.1) is 0 Å². The maximum Gasteiger partial charge on any atom is 0.134 e. The summed E-state index contributed by atoms with van der Waals surface area (Å²) < 4.78 is 0. The number of anilines is 1. The number of nitrogens with zero attached hydrogens (tertiary/aromatic N) is 3. The quantitative estimate of drug-likeness (QED) is 0.674. The lowest BCUT2D eigenvalue weighted by atomic mass is 10.3. The number of nitrogens with two attached hydrogens (primary N) is 1. The Morgan fingerprint density at radius 2 is 2.38 bits per heavy atom. The van der Waals surface area contributed by atoms with Gasteiger partial charge >= 0.3 is 0 Å². The largest absolute Gasteiger partial charge is 0.355 e. The second kappa shape index (κ2) is 3.47. The van der Waals surface area contributed by atoms with Gasteiger partial charge in [0.2, 0.25) is 0 Å². The van der Waals surface area contributed by atoms with Crippen molar-refractivity contribution in [1.29, 1.82) is 0 Å². The lowest BCUT2D eigenvalue weighted by Gasteiger charge is -2.15. The third-order valence-corrected chi connectivity index (χ3v) is 2.37. The second-order valence-corrected chi connectivity index (χ2v) is 3.58. The Balaban J connectivity index is 2.16. The van der Waals surface area contributed by atoms with Crippen LogP contribution in [0, 0.1) is 0 Å². The summed E-state index contributed by atoms with van der Waals surface area (Å²) in [6.45, 7) is 1.81. The molecule has 5 heteroatoms. The first kappa shape index (κ1) is 8.72. The fourth-order valence-electron chi connectivity index (χ4n) is 1.49. The molecule has 0 spiro atoms. The van der Waals surface area contributed by atoms with Crippen molar-refractivity contribution < 1.29 is 0 Å². The molecular formula is C8H11ClN4. The maximum absolute atomic E-state index is 5.78. The topological polar surface area (TPSA) is 55.0 Å². The molecule has 1 saturated heterocycles. The minimum absolute atomic E-state index is 0.258. The molecule has 0 aliphatic carbocycles. The SMILES string of the molecule is NC1CCN(c2cc(Cl)ncn2)C1. The Hall–Kier alpha value is -0.870. The maximum atomic E-state index is 5.78. The van der Waals surface area contributed by atoms with Gasteiger partial charge in [-0.25, -0.2) is 9.97 Å².